The molecule has 1 N–H and O–H groups in total. The highest BCUT2D eigenvalue weighted by Crippen LogP contribution is 2.48. The number of aliphatic hydroxyl groups is 1. The van der Waals surface area contributed by atoms with Crippen LogP contribution in [0.3, 0.4) is 0 Å². The van der Waals surface area contributed by atoms with Gasteiger partial charge in [0.2, 0.25) is 0 Å². The molecule has 0 aliphatic carbocycles. The highest BCUT2D eigenvalue weighted by atomic mass is 19.2. The average molecular weight is 440 g/mol. The normalized spacial score (nSPS) is 28.1. The fourth-order valence-corrected chi connectivity index (χ4v) is 6.03. The Balaban J connectivity index is 1.56. The molecule has 3 aliphatic rings. The van der Waals surface area contributed by atoms with E-state index in [0.29, 0.717) is 22.5 Å². The van der Waals surface area contributed by atoms with E-state index in [1.807, 2.05) is 36.4 Å². The molecule has 4 heterocycles. The van der Waals surface area contributed by atoms with Crippen LogP contribution in [0.1, 0.15) is 30.1 Å². The maximum Gasteiger partial charge on any atom is 0.194 e. The van der Waals surface area contributed by atoms with Crippen LogP contribution in [0.4, 0.5) is 13.2 Å². The Labute approximate surface area is 185 Å². The zero-order chi connectivity index (χ0) is 22.5. The third-order valence-electron chi connectivity index (χ3n) is 7.58. The molecule has 166 valence electrons. The zero-order valence-corrected chi connectivity index (χ0v) is 17.7. The number of nitrogens with zero attached hydrogens (tertiary/aromatic N) is 2. The van der Waals surface area contributed by atoms with Crippen LogP contribution in [0.25, 0.3) is 10.9 Å². The number of rotatable bonds is 5. The molecule has 32 heavy (non-hydrogen) atoms. The van der Waals surface area contributed by atoms with Crippen molar-refractivity contribution >= 4 is 10.9 Å². The molecular weight excluding hydrogens is 413 g/mol. The van der Waals surface area contributed by atoms with E-state index in [4.69, 9.17) is 0 Å². The van der Waals surface area contributed by atoms with E-state index >= 15 is 0 Å². The molecule has 0 saturated carbocycles. The standard InChI is InChI=1S/C26H26F3N2O/c1-2-17-15-31(14-16-11-21(27)25(29)22(28)12-16)10-8-18(17)13-24(31)26(32)20-7-9-30-23-6-4-3-5-19(20)23/h2-7,9,11-12,17-18,24,26,32H,1,8,10,13-15H2/q+1. The number of aromatic nitrogens is 1. The molecule has 5 atom stereocenters. The number of fused-ring (bicyclic) bond motifs is 4. The van der Waals surface area contributed by atoms with Crippen molar-refractivity contribution in [3.05, 3.63) is 89.9 Å². The molecule has 0 radical (unpaired) electrons. The maximum absolute atomic E-state index is 14.0. The van der Waals surface area contributed by atoms with Gasteiger partial charge in [0.25, 0.3) is 0 Å². The maximum atomic E-state index is 14.0. The quantitative estimate of drug-likeness (QED) is 0.333. The predicted octanol–water partition coefficient (Wildman–Crippen LogP) is 5.30. The van der Waals surface area contributed by atoms with Gasteiger partial charge in [-0.05, 0) is 35.7 Å². The number of aliphatic hydroxyl groups excluding tert-OH is 1. The summed E-state index contributed by atoms with van der Waals surface area (Å²) in [5.41, 5.74) is 2.04. The Morgan fingerprint density at radius 3 is 2.66 bits per heavy atom. The third kappa shape index (κ3) is 3.42. The van der Waals surface area contributed by atoms with Gasteiger partial charge >= 0.3 is 0 Å². The van der Waals surface area contributed by atoms with Crippen LogP contribution in [0, 0.1) is 29.3 Å². The first-order valence-electron chi connectivity index (χ1n) is 11.1. The minimum Gasteiger partial charge on any atom is -0.382 e. The van der Waals surface area contributed by atoms with Crippen molar-refractivity contribution in [1.29, 1.82) is 0 Å². The lowest BCUT2D eigenvalue weighted by molar-refractivity contribution is -0.985. The van der Waals surface area contributed by atoms with Crippen LogP contribution in [0.2, 0.25) is 0 Å². The van der Waals surface area contributed by atoms with Gasteiger partial charge in [0, 0.05) is 35.9 Å². The molecule has 6 heteroatoms. The van der Waals surface area contributed by atoms with Gasteiger partial charge in [-0.15, -0.1) is 6.58 Å². The fourth-order valence-electron chi connectivity index (χ4n) is 6.03. The van der Waals surface area contributed by atoms with Gasteiger partial charge in [-0.25, -0.2) is 13.2 Å². The first kappa shape index (κ1) is 21.2. The van der Waals surface area contributed by atoms with Crippen LogP contribution in [0.15, 0.2) is 61.3 Å². The van der Waals surface area contributed by atoms with Gasteiger partial charge in [0.1, 0.15) is 18.7 Å². The van der Waals surface area contributed by atoms with Crippen molar-refractivity contribution in [1.82, 2.24) is 4.98 Å². The molecule has 3 saturated heterocycles. The van der Waals surface area contributed by atoms with Crippen molar-refractivity contribution in [2.75, 3.05) is 13.1 Å². The second kappa shape index (κ2) is 8.01. The third-order valence-corrected chi connectivity index (χ3v) is 7.58. The SMILES string of the molecule is C=CC1C[N+]2(Cc3cc(F)c(F)c(F)c3)CCC1CC2C(O)c1ccnc2ccccc12. The Hall–Kier alpha value is -2.70. The topological polar surface area (TPSA) is 33.1 Å². The Morgan fingerprint density at radius 2 is 1.91 bits per heavy atom. The predicted molar refractivity (Wildman–Crippen MR) is 117 cm³/mol. The van der Waals surface area contributed by atoms with Crippen molar-refractivity contribution in [3.63, 3.8) is 0 Å². The molecule has 0 amide bonds. The average Bonchev–Trinajstić information content (AvgIpc) is 2.81. The molecule has 1 aromatic heterocycles. The molecule has 3 aromatic rings. The fraction of sp³-hybridized carbons (Fsp3) is 0.346. The lowest BCUT2D eigenvalue weighted by Gasteiger charge is -2.58. The van der Waals surface area contributed by atoms with Crippen molar-refractivity contribution in [2.45, 2.75) is 31.5 Å². The van der Waals surface area contributed by atoms with Crippen LogP contribution in [-0.4, -0.2) is 33.7 Å². The van der Waals surface area contributed by atoms with Crippen LogP contribution < -0.4 is 0 Å². The molecule has 3 nitrogen and oxygen atoms in total. The van der Waals surface area contributed by atoms with Crippen LogP contribution >= 0.6 is 0 Å². The van der Waals surface area contributed by atoms with Crippen molar-refractivity contribution in [2.24, 2.45) is 11.8 Å². The second-order valence-corrected chi connectivity index (χ2v) is 9.27. The van der Waals surface area contributed by atoms with E-state index in [-0.39, 0.29) is 12.0 Å². The summed E-state index contributed by atoms with van der Waals surface area (Å²) in [6.45, 7) is 5.86. The summed E-state index contributed by atoms with van der Waals surface area (Å²) in [4.78, 5) is 4.41. The van der Waals surface area contributed by atoms with Crippen molar-refractivity contribution in [3.8, 4) is 0 Å². The van der Waals surface area contributed by atoms with Gasteiger partial charge in [-0.3, -0.25) is 4.98 Å². The first-order valence-corrected chi connectivity index (χ1v) is 11.1. The smallest absolute Gasteiger partial charge is 0.194 e. The largest absolute Gasteiger partial charge is 0.382 e. The molecule has 5 unspecified atom stereocenters. The molecule has 3 aliphatic heterocycles. The molecule has 6 rings (SSSR count). The lowest BCUT2D eigenvalue weighted by atomic mass is 9.71. The lowest BCUT2D eigenvalue weighted by Crippen LogP contribution is -2.67. The summed E-state index contributed by atoms with van der Waals surface area (Å²) in [6.07, 6.45) is 4.67. The number of hydrogen-bond acceptors (Lipinski definition) is 2. The minimum atomic E-state index is -1.45. The van der Waals surface area contributed by atoms with Gasteiger partial charge < -0.3 is 9.59 Å². The van der Waals surface area contributed by atoms with Gasteiger partial charge in [0.15, 0.2) is 17.5 Å². The number of halogens is 3. The molecular formula is C26H26F3N2O+. The summed E-state index contributed by atoms with van der Waals surface area (Å²) in [7, 11) is 0. The highest BCUT2D eigenvalue weighted by Gasteiger charge is 2.54. The van der Waals surface area contributed by atoms with E-state index in [2.05, 4.69) is 11.6 Å². The van der Waals surface area contributed by atoms with Crippen LogP contribution in [0.5, 0.6) is 0 Å². The number of hydrogen-bond donors (Lipinski definition) is 1. The molecule has 2 bridgehead atoms. The summed E-state index contributed by atoms with van der Waals surface area (Å²) in [5, 5.41) is 12.5. The highest BCUT2D eigenvalue weighted by molar-refractivity contribution is 5.82. The summed E-state index contributed by atoms with van der Waals surface area (Å²) in [5.74, 6) is -3.11. The van der Waals surface area contributed by atoms with E-state index in [9.17, 15) is 18.3 Å². The summed E-state index contributed by atoms with van der Waals surface area (Å²) < 4.78 is 42.0. The zero-order valence-electron chi connectivity index (χ0n) is 17.7. The number of benzene rings is 2. The number of para-hydroxylation sites is 1. The minimum absolute atomic E-state index is 0.146. The van der Waals surface area contributed by atoms with Crippen LogP contribution in [-0.2, 0) is 6.54 Å². The summed E-state index contributed by atoms with van der Waals surface area (Å²) >= 11 is 0. The van der Waals surface area contributed by atoms with Gasteiger partial charge in [-0.1, -0.05) is 24.3 Å². The second-order valence-electron chi connectivity index (χ2n) is 9.27. The number of quaternary nitrogens is 1. The monoisotopic (exact) mass is 439 g/mol. The molecule has 0 spiro atoms. The Morgan fingerprint density at radius 1 is 1.16 bits per heavy atom. The number of piperidine rings is 3. The molecule has 3 fully saturated rings. The Bertz CT molecular complexity index is 1150. The van der Waals surface area contributed by atoms with Gasteiger partial charge in [-0.2, -0.15) is 0 Å². The van der Waals surface area contributed by atoms with E-state index in [1.165, 1.54) is 0 Å². The van der Waals surface area contributed by atoms with Crippen molar-refractivity contribution < 1.29 is 22.8 Å². The van der Waals surface area contributed by atoms with E-state index in [0.717, 1.165) is 54.5 Å². The number of pyridine rings is 1. The Kier molecular flexibility index (Phi) is 5.30. The van der Waals surface area contributed by atoms with Gasteiger partial charge in [0.05, 0.1) is 18.6 Å². The summed E-state index contributed by atoms with van der Waals surface area (Å²) in [6, 6.07) is 11.6. The van der Waals surface area contributed by atoms with E-state index in [1.54, 1.807) is 6.20 Å². The first-order chi connectivity index (χ1) is 15.4. The molecule has 2 aromatic carbocycles. The van der Waals surface area contributed by atoms with E-state index < -0.39 is 23.6 Å².